The molecule has 4 aromatic carbocycles. The number of hydrogen-bond donors (Lipinski definition) is 1. The second kappa shape index (κ2) is 11.2. The number of aliphatic carboxylic acids is 1. The summed E-state index contributed by atoms with van der Waals surface area (Å²) in [4.78, 5) is 28.8. The molecule has 0 atom stereocenters. The molecule has 6 nitrogen and oxygen atoms in total. The van der Waals surface area contributed by atoms with Crippen molar-refractivity contribution < 1.29 is 24.2 Å². The zero-order valence-electron chi connectivity index (χ0n) is 20.3. The van der Waals surface area contributed by atoms with Crippen molar-refractivity contribution in [3.63, 3.8) is 0 Å². The molecule has 1 aromatic heterocycles. The van der Waals surface area contributed by atoms with Gasteiger partial charge in [-0.3, -0.25) is 9.78 Å². The quantitative estimate of drug-likeness (QED) is 0.174. The van der Waals surface area contributed by atoms with Crippen molar-refractivity contribution in [1.29, 1.82) is 0 Å². The van der Waals surface area contributed by atoms with Crippen LogP contribution in [0.4, 0.5) is 0 Å². The number of carbonyl (C=O) groups is 2. The van der Waals surface area contributed by atoms with Gasteiger partial charge in [-0.1, -0.05) is 72.8 Å². The monoisotopic (exact) mass is 501 g/mol. The average Bonchev–Trinajstić information content (AvgIpc) is 2.96. The number of fused-ring (bicyclic) bond motifs is 1. The minimum atomic E-state index is -1.02. The van der Waals surface area contributed by atoms with Crippen molar-refractivity contribution in [1.82, 2.24) is 4.98 Å². The Morgan fingerprint density at radius 2 is 1.50 bits per heavy atom. The number of hydrogen-bond acceptors (Lipinski definition) is 5. The van der Waals surface area contributed by atoms with Gasteiger partial charge in [-0.2, -0.15) is 0 Å². The zero-order chi connectivity index (χ0) is 26.3. The van der Waals surface area contributed by atoms with Gasteiger partial charge in [0, 0.05) is 29.3 Å². The van der Waals surface area contributed by atoms with E-state index in [2.05, 4.69) is 4.98 Å². The molecule has 0 saturated carbocycles. The Balaban J connectivity index is 1.50. The molecule has 186 valence electrons. The first-order valence-electron chi connectivity index (χ1n) is 11.9. The Labute approximate surface area is 219 Å². The van der Waals surface area contributed by atoms with Crippen molar-refractivity contribution in [2.75, 3.05) is 0 Å². The van der Waals surface area contributed by atoms with E-state index >= 15 is 0 Å². The highest BCUT2D eigenvalue weighted by atomic mass is 16.5. The average molecular weight is 502 g/mol. The maximum atomic E-state index is 13.4. The van der Waals surface area contributed by atoms with Crippen LogP contribution in [0.2, 0.25) is 0 Å². The molecule has 1 N–H and O–H groups in total. The van der Waals surface area contributed by atoms with Crippen LogP contribution in [0.3, 0.4) is 0 Å². The first-order chi connectivity index (χ1) is 18.6. The van der Waals surface area contributed by atoms with E-state index in [1.165, 1.54) is 12.3 Å². The maximum Gasteiger partial charge on any atom is 0.328 e. The first-order valence-corrected chi connectivity index (χ1v) is 11.9. The Morgan fingerprint density at radius 1 is 0.816 bits per heavy atom. The number of rotatable bonds is 9. The van der Waals surface area contributed by atoms with Crippen molar-refractivity contribution in [3.05, 3.63) is 138 Å². The number of benzene rings is 4. The summed E-state index contributed by atoms with van der Waals surface area (Å²) >= 11 is 0. The molecular formula is C32H23NO5. The Bertz CT molecular complexity index is 1610. The fraction of sp³-hybridized carbons (Fsp3) is 0.0312. The SMILES string of the molecule is O=C(O)/C=C/c1ccc(Oc2c(C(=O)c3ccccc3)cnc3cc(OCc4ccccc4)ccc23)cc1. The van der Waals surface area contributed by atoms with E-state index in [0.717, 1.165) is 11.6 Å². The molecule has 38 heavy (non-hydrogen) atoms. The lowest BCUT2D eigenvalue weighted by molar-refractivity contribution is -0.131. The number of carboxylic acids is 1. The zero-order valence-corrected chi connectivity index (χ0v) is 20.3. The number of pyridine rings is 1. The lowest BCUT2D eigenvalue weighted by Crippen LogP contribution is -2.05. The minimum absolute atomic E-state index is 0.208. The largest absolute Gasteiger partial charge is 0.489 e. The molecule has 0 saturated heterocycles. The van der Waals surface area contributed by atoms with Gasteiger partial charge in [-0.15, -0.1) is 0 Å². The third-order valence-corrected chi connectivity index (χ3v) is 5.84. The van der Waals surface area contributed by atoms with E-state index < -0.39 is 5.97 Å². The van der Waals surface area contributed by atoms with Crippen LogP contribution in [0.5, 0.6) is 17.2 Å². The summed E-state index contributed by atoms with van der Waals surface area (Å²) < 4.78 is 12.2. The molecule has 0 bridgehead atoms. The van der Waals surface area contributed by atoms with Gasteiger partial charge in [0.05, 0.1) is 11.1 Å². The minimum Gasteiger partial charge on any atom is -0.489 e. The second-order valence-electron chi connectivity index (χ2n) is 8.49. The van der Waals surface area contributed by atoms with Crippen molar-refractivity contribution in [2.24, 2.45) is 0 Å². The van der Waals surface area contributed by atoms with Crippen LogP contribution in [0.15, 0.2) is 115 Å². The molecule has 5 aromatic rings. The van der Waals surface area contributed by atoms with Crippen molar-refractivity contribution >= 4 is 28.7 Å². The fourth-order valence-electron chi connectivity index (χ4n) is 3.93. The van der Waals surface area contributed by atoms with E-state index in [1.807, 2.05) is 66.7 Å². The van der Waals surface area contributed by atoms with Crippen LogP contribution in [-0.2, 0) is 11.4 Å². The molecule has 1 heterocycles. The lowest BCUT2D eigenvalue weighted by atomic mass is 10.0. The third-order valence-electron chi connectivity index (χ3n) is 5.84. The number of ether oxygens (including phenoxy) is 2. The van der Waals surface area contributed by atoms with Crippen LogP contribution >= 0.6 is 0 Å². The van der Waals surface area contributed by atoms with Crippen LogP contribution in [0.1, 0.15) is 27.0 Å². The normalized spacial score (nSPS) is 10.9. The van der Waals surface area contributed by atoms with Crippen LogP contribution in [0, 0.1) is 0 Å². The highest BCUT2D eigenvalue weighted by Gasteiger charge is 2.19. The van der Waals surface area contributed by atoms with E-state index in [-0.39, 0.29) is 5.78 Å². The van der Waals surface area contributed by atoms with Gasteiger partial charge in [-0.05, 0) is 41.5 Å². The molecule has 0 radical (unpaired) electrons. The van der Waals surface area contributed by atoms with E-state index in [9.17, 15) is 9.59 Å². The van der Waals surface area contributed by atoms with Gasteiger partial charge in [0.1, 0.15) is 23.9 Å². The highest BCUT2D eigenvalue weighted by molar-refractivity contribution is 6.13. The number of ketones is 1. The van der Waals surface area contributed by atoms with Crippen molar-refractivity contribution in [2.45, 2.75) is 6.61 Å². The van der Waals surface area contributed by atoms with E-state index in [0.29, 0.717) is 51.4 Å². The van der Waals surface area contributed by atoms with Gasteiger partial charge >= 0.3 is 5.97 Å². The Hall–Kier alpha value is -5.23. The van der Waals surface area contributed by atoms with Crippen LogP contribution < -0.4 is 9.47 Å². The molecule has 0 fully saturated rings. The molecule has 6 heteroatoms. The molecule has 0 aliphatic heterocycles. The summed E-state index contributed by atoms with van der Waals surface area (Å²) in [5.41, 5.74) is 3.23. The predicted molar refractivity (Wildman–Crippen MR) is 146 cm³/mol. The number of nitrogens with zero attached hydrogens (tertiary/aromatic N) is 1. The van der Waals surface area contributed by atoms with E-state index in [1.54, 1.807) is 36.4 Å². The summed E-state index contributed by atoms with van der Waals surface area (Å²) in [6.45, 7) is 0.420. The number of carboxylic acid groups (broad SMARTS) is 1. The summed E-state index contributed by atoms with van der Waals surface area (Å²) in [6.07, 6.45) is 4.09. The fourth-order valence-corrected chi connectivity index (χ4v) is 3.93. The number of aromatic nitrogens is 1. The Morgan fingerprint density at radius 3 is 2.21 bits per heavy atom. The number of carbonyl (C=O) groups excluding carboxylic acids is 1. The van der Waals surface area contributed by atoms with E-state index in [4.69, 9.17) is 14.6 Å². The van der Waals surface area contributed by atoms with Crippen LogP contribution in [0.25, 0.3) is 17.0 Å². The molecule has 0 aliphatic carbocycles. The predicted octanol–water partition coefficient (Wildman–Crippen LogP) is 6.93. The topological polar surface area (TPSA) is 85.7 Å². The lowest BCUT2D eigenvalue weighted by Gasteiger charge is -2.14. The molecule has 0 unspecified atom stereocenters. The van der Waals surface area contributed by atoms with Crippen LogP contribution in [-0.4, -0.2) is 21.8 Å². The second-order valence-corrected chi connectivity index (χ2v) is 8.49. The Kier molecular flexibility index (Phi) is 7.23. The smallest absolute Gasteiger partial charge is 0.328 e. The first kappa shape index (κ1) is 24.5. The highest BCUT2D eigenvalue weighted by Crippen LogP contribution is 2.35. The molecule has 0 spiro atoms. The van der Waals surface area contributed by atoms with Gasteiger partial charge in [0.15, 0.2) is 5.78 Å². The standard InChI is InChI=1S/C32H23NO5/c34-30(35)18-13-22-11-14-25(15-12-22)38-32-27-17-16-26(37-21-23-7-3-1-4-8-23)19-29(27)33-20-28(32)31(36)24-9-5-2-6-10-24/h1-20H,21H2,(H,34,35)/b18-13+. The molecule has 0 amide bonds. The van der Waals surface area contributed by atoms with Gasteiger partial charge in [-0.25, -0.2) is 4.79 Å². The summed E-state index contributed by atoms with van der Waals surface area (Å²) in [7, 11) is 0. The molecule has 5 rings (SSSR count). The van der Waals surface area contributed by atoms with Gasteiger partial charge < -0.3 is 14.6 Å². The summed E-state index contributed by atoms with van der Waals surface area (Å²) in [6, 6.07) is 31.3. The molecule has 0 aliphatic rings. The van der Waals surface area contributed by atoms with Gasteiger partial charge in [0.2, 0.25) is 0 Å². The molecular weight excluding hydrogens is 478 g/mol. The van der Waals surface area contributed by atoms with Gasteiger partial charge in [0.25, 0.3) is 0 Å². The summed E-state index contributed by atoms with van der Waals surface area (Å²) in [5, 5.41) is 9.52. The van der Waals surface area contributed by atoms with Crippen molar-refractivity contribution in [3.8, 4) is 17.2 Å². The maximum absolute atomic E-state index is 13.4. The summed E-state index contributed by atoms with van der Waals surface area (Å²) in [5.74, 6) is 0.297. The third kappa shape index (κ3) is 5.77.